The van der Waals surface area contributed by atoms with Crippen molar-refractivity contribution in [3.8, 4) is 0 Å². The summed E-state index contributed by atoms with van der Waals surface area (Å²) in [5.74, 6) is 1.52. The van der Waals surface area contributed by atoms with Crippen LogP contribution in [-0.2, 0) is 42.7 Å². The number of carbonyl (C=O) groups is 3. The lowest BCUT2D eigenvalue weighted by atomic mass is 9.44. The Morgan fingerprint density at radius 2 is 1.32 bits per heavy atom. The summed E-state index contributed by atoms with van der Waals surface area (Å²) in [6.07, 6.45) is -11.2. The number of rotatable bonds is 10. The number of ether oxygens (including phenoxy) is 8. The number of ketones is 1. The molecule has 7 N–H and O–H groups in total. The molecule has 0 unspecified atom stereocenters. The third kappa shape index (κ3) is 9.53. The minimum absolute atomic E-state index is 0.0791. The number of Topliss-reactive ketones (excluding diaryl/α,β-unsaturated/α-hetero) is 1. The monoisotopic (exact) mass is 992 g/mol. The number of benzene rings is 2. The standard InChI is InChI=1S/C53H72N2O16/c1-27-17-20-53(66-24-27)28(2)39-36(71-53)22-34-33-16-15-29-21-32(18-19-51(29,3)40(33)35(56)23-52(34,39)4)67-47-45(61)43(59)46(38(69-47)26-65-50(63)55-31-13-9-6-10-14-31)70-48-44(60)42(58)41(57)37(68-48)25-64-49(62)54-30-11-7-5-8-12-30/h5-14,27-29,32-34,36-48,57-61H,15-26H2,1-4H3,(H,54,62)(H,55,63)/t27-,28+,29+,32+,33+,34+,36+,37-,38-,39+,40-,41-,42+,43-,44-,45-,46-,47-,48+,51+,52+,53-/m1/s1. The van der Waals surface area contributed by atoms with Crippen molar-refractivity contribution in [1.29, 1.82) is 0 Å². The molecule has 2 amide bonds. The van der Waals surface area contributed by atoms with Crippen molar-refractivity contribution < 1.29 is 77.8 Å². The van der Waals surface area contributed by atoms with E-state index in [-0.39, 0.29) is 46.5 Å². The second kappa shape index (κ2) is 20.1. The van der Waals surface area contributed by atoms with Gasteiger partial charge in [-0.05, 0) is 110 Å². The highest BCUT2D eigenvalue weighted by Gasteiger charge is 2.71. The highest BCUT2D eigenvalue weighted by Crippen LogP contribution is 2.70. The van der Waals surface area contributed by atoms with E-state index in [1.165, 1.54) is 0 Å². The first-order valence-electron chi connectivity index (χ1n) is 25.8. The third-order valence-corrected chi connectivity index (χ3v) is 18.3. The van der Waals surface area contributed by atoms with Crippen LogP contribution in [0.4, 0.5) is 21.0 Å². The van der Waals surface area contributed by atoms with Crippen molar-refractivity contribution in [1.82, 2.24) is 0 Å². The molecular formula is C53H72N2O16. The Labute approximate surface area is 414 Å². The Hall–Kier alpha value is -3.79. The van der Waals surface area contributed by atoms with Crippen LogP contribution in [0.5, 0.6) is 0 Å². The highest BCUT2D eigenvalue weighted by atomic mass is 16.7. The van der Waals surface area contributed by atoms with Crippen molar-refractivity contribution in [3.63, 3.8) is 0 Å². The van der Waals surface area contributed by atoms with E-state index in [1.54, 1.807) is 60.7 Å². The molecule has 2 aromatic rings. The number of anilines is 2. The summed E-state index contributed by atoms with van der Waals surface area (Å²) < 4.78 is 49.1. The summed E-state index contributed by atoms with van der Waals surface area (Å²) in [7, 11) is 0. The predicted molar refractivity (Wildman–Crippen MR) is 252 cm³/mol. The summed E-state index contributed by atoms with van der Waals surface area (Å²) in [4.78, 5) is 40.3. The summed E-state index contributed by atoms with van der Waals surface area (Å²) >= 11 is 0. The molecule has 8 aliphatic rings. The van der Waals surface area contributed by atoms with Gasteiger partial charge in [0.25, 0.3) is 0 Å². The van der Waals surface area contributed by atoms with Gasteiger partial charge in [-0.2, -0.15) is 0 Å². The van der Waals surface area contributed by atoms with E-state index in [9.17, 15) is 39.9 Å². The van der Waals surface area contributed by atoms with Gasteiger partial charge in [0, 0.05) is 36.1 Å². The quantitative estimate of drug-likeness (QED) is 0.152. The van der Waals surface area contributed by atoms with Gasteiger partial charge in [0.05, 0.1) is 18.8 Å². The van der Waals surface area contributed by atoms with Crippen molar-refractivity contribution in [2.75, 3.05) is 30.5 Å². The zero-order valence-corrected chi connectivity index (χ0v) is 41.0. The Balaban J connectivity index is 0.802. The van der Waals surface area contributed by atoms with Crippen LogP contribution in [0.2, 0.25) is 0 Å². The molecular weight excluding hydrogens is 921 g/mol. The molecule has 4 saturated carbocycles. The zero-order valence-electron chi connectivity index (χ0n) is 41.0. The molecule has 8 fully saturated rings. The molecule has 0 bridgehead atoms. The van der Waals surface area contributed by atoms with Gasteiger partial charge < -0.3 is 63.4 Å². The zero-order chi connectivity index (χ0) is 50.0. The molecule has 4 aliphatic heterocycles. The first kappa shape index (κ1) is 50.7. The fourth-order valence-electron chi connectivity index (χ4n) is 14.7. The minimum Gasteiger partial charge on any atom is -0.446 e. The van der Waals surface area contributed by atoms with Crippen LogP contribution in [0.3, 0.4) is 0 Å². The van der Waals surface area contributed by atoms with Gasteiger partial charge in [0.15, 0.2) is 18.4 Å². The molecule has 4 saturated heterocycles. The van der Waals surface area contributed by atoms with Crippen LogP contribution in [0, 0.1) is 52.3 Å². The summed E-state index contributed by atoms with van der Waals surface area (Å²) in [5, 5.41) is 61.4. The van der Waals surface area contributed by atoms with Gasteiger partial charge in [-0.3, -0.25) is 15.4 Å². The van der Waals surface area contributed by atoms with Gasteiger partial charge in [-0.1, -0.05) is 64.1 Å². The minimum atomic E-state index is -1.88. The van der Waals surface area contributed by atoms with E-state index in [1.807, 2.05) is 0 Å². The summed E-state index contributed by atoms with van der Waals surface area (Å²) in [5.41, 5.74) is 0.498. The average Bonchev–Trinajstić information content (AvgIpc) is 3.79. The molecule has 2 aromatic carbocycles. The second-order valence-corrected chi connectivity index (χ2v) is 22.5. The molecule has 0 aromatic heterocycles. The van der Waals surface area contributed by atoms with E-state index in [0.717, 1.165) is 38.5 Å². The highest BCUT2D eigenvalue weighted by molar-refractivity contribution is 5.85. The van der Waals surface area contributed by atoms with Crippen LogP contribution < -0.4 is 10.6 Å². The van der Waals surface area contributed by atoms with Crippen LogP contribution in [-0.4, -0.2) is 143 Å². The van der Waals surface area contributed by atoms with E-state index >= 15 is 0 Å². The number of aliphatic hydroxyl groups excluding tert-OH is 5. The number of para-hydroxylation sites is 2. The number of amides is 2. The first-order valence-corrected chi connectivity index (χ1v) is 25.8. The lowest BCUT2D eigenvalue weighted by molar-refractivity contribution is -0.363. The maximum Gasteiger partial charge on any atom is 0.411 e. The topological polar surface area (TPSA) is 250 Å². The second-order valence-electron chi connectivity index (χ2n) is 22.5. The molecule has 22 atom stereocenters. The number of hydrogen-bond acceptors (Lipinski definition) is 16. The number of fused-ring (bicyclic) bond motifs is 7. The summed E-state index contributed by atoms with van der Waals surface area (Å²) in [6, 6.07) is 17.1. The van der Waals surface area contributed by atoms with E-state index in [4.69, 9.17) is 37.9 Å². The molecule has 71 heavy (non-hydrogen) atoms. The molecule has 18 heteroatoms. The molecule has 18 nitrogen and oxygen atoms in total. The van der Waals surface area contributed by atoms with Crippen molar-refractivity contribution in [2.24, 2.45) is 52.3 Å². The van der Waals surface area contributed by atoms with Crippen LogP contribution in [0.15, 0.2) is 60.7 Å². The number of carbonyl (C=O) groups excluding carboxylic acids is 3. The summed E-state index contributed by atoms with van der Waals surface area (Å²) in [6.45, 7) is 8.77. The van der Waals surface area contributed by atoms with Gasteiger partial charge in [-0.15, -0.1) is 0 Å². The fourth-order valence-corrected chi connectivity index (χ4v) is 14.7. The fraction of sp³-hybridized carbons (Fsp3) is 0.717. The molecule has 1 spiro atoms. The molecule has 10 rings (SSSR count). The lowest BCUT2D eigenvalue weighted by Crippen LogP contribution is -2.65. The Morgan fingerprint density at radius 1 is 0.704 bits per heavy atom. The average molecular weight is 993 g/mol. The maximum absolute atomic E-state index is 14.7. The van der Waals surface area contributed by atoms with Crippen molar-refractivity contribution in [2.45, 2.75) is 165 Å². The smallest absolute Gasteiger partial charge is 0.411 e. The molecule has 390 valence electrons. The van der Waals surface area contributed by atoms with Gasteiger partial charge in [-0.25, -0.2) is 9.59 Å². The van der Waals surface area contributed by atoms with E-state index < -0.39 is 98.7 Å². The van der Waals surface area contributed by atoms with Crippen LogP contribution in [0.25, 0.3) is 0 Å². The first-order chi connectivity index (χ1) is 34.0. The number of aliphatic hydroxyl groups is 5. The van der Waals surface area contributed by atoms with Gasteiger partial charge in [0.1, 0.15) is 67.8 Å². The van der Waals surface area contributed by atoms with E-state index in [2.05, 4.69) is 38.3 Å². The maximum atomic E-state index is 14.7. The Morgan fingerprint density at radius 3 is 1.97 bits per heavy atom. The number of hydrogen-bond donors (Lipinski definition) is 7. The lowest BCUT2D eigenvalue weighted by Gasteiger charge is -2.60. The van der Waals surface area contributed by atoms with Gasteiger partial charge >= 0.3 is 12.2 Å². The molecule has 4 heterocycles. The van der Waals surface area contributed by atoms with Gasteiger partial charge in [0.2, 0.25) is 0 Å². The number of nitrogens with one attached hydrogen (secondary N) is 2. The normalized spacial score (nSPS) is 46.0. The Kier molecular flexibility index (Phi) is 14.4. The van der Waals surface area contributed by atoms with Crippen molar-refractivity contribution in [3.05, 3.63) is 60.7 Å². The predicted octanol–water partition coefficient (Wildman–Crippen LogP) is 5.13. The van der Waals surface area contributed by atoms with Crippen LogP contribution >= 0.6 is 0 Å². The SMILES string of the molecule is C[C@@H]1CC[C@@]2(OC1)O[C@H]1C[C@H]3[C@@H]4CC[C@H]5C[C@@H](O[C@@H]6O[C@H](COC(=O)Nc7ccccc7)[C@@H](O[C@@H]7O[C@H](COC(=O)Nc8ccccc8)[C@@H](O)[C@H](O)[C@H]7O)[C@H](O)[C@H]6O)CC[C@]5(C)[C@H]4C(=O)C[C@]3(C)[C@H]1[C@@H]2C. The third-order valence-electron chi connectivity index (χ3n) is 18.3. The molecule has 0 radical (unpaired) electrons. The Bertz CT molecular complexity index is 2200. The van der Waals surface area contributed by atoms with Crippen molar-refractivity contribution >= 4 is 29.3 Å². The largest absolute Gasteiger partial charge is 0.446 e. The van der Waals surface area contributed by atoms with Crippen LogP contribution in [0.1, 0.15) is 85.5 Å². The van der Waals surface area contributed by atoms with E-state index in [0.29, 0.717) is 54.9 Å². The molecule has 4 aliphatic carbocycles.